The summed E-state index contributed by atoms with van der Waals surface area (Å²) in [5, 5.41) is 2.45. The lowest BCUT2D eigenvalue weighted by Gasteiger charge is -2.21. The van der Waals surface area contributed by atoms with Crippen LogP contribution in [0.2, 0.25) is 0 Å². The van der Waals surface area contributed by atoms with Crippen LogP contribution in [0.3, 0.4) is 0 Å². The van der Waals surface area contributed by atoms with Gasteiger partial charge in [0.15, 0.2) is 5.76 Å². The van der Waals surface area contributed by atoms with Crippen molar-refractivity contribution in [2.45, 2.75) is 39.3 Å². The van der Waals surface area contributed by atoms with Gasteiger partial charge in [-0.05, 0) is 39.8 Å². The smallest absolute Gasteiger partial charge is 0.408 e. The lowest BCUT2D eigenvalue weighted by molar-refractivity contribution is 0.0494. The number of nitrogens with one attached hydrogen (secondary N) is 1. The number of hydrogen-bond acceptors (Lipinski definition) is 4. The van der Waals surface area contributed by atoms with E-state index in [0.717, 1.165) is 0 Å². The van der Waals surface area contributed by atoms with E-state index in [-0.39, 0.29) is 11.5 Å². The number of Topliss-reactive ketones (excluding diaryl/α,β-unsaturated/α-hetero) is 1. The van der Waals surface area contributed by atoms with Crippen molar-refractivity contribution < 1.29 is 18.7 Å². The number of carbonyl (C=O) groups excluding carboxylic acids is 2. The molecule has 94 valence electrons. The first-order valence-corrected chi connectivity index (χ1v) is 5.37. The van der Waals surface area contributed by atoms with Gasteiger partial charge >= 0.3 is 6.09 Å². The molecule has 0 aliphatic heterocycles. The lowest BCUT2D eigenvalue weighted by atomic mass is 10.2. The molecule has 1 rings (SSSR count). The normalized spacial score (nSPS) is 12.9. The standard InChI is InChI=1S/C12H17NO4/c1-8(10(14)9-6-5-7-16-9)13-11(15)17-12(2,3)4/h5-8H,1-4H3,(H,13,15). The monoisotopic (exact) mass is 239 g/mol. The second-order valence-electron chi connectivity index (χ2n) is 4.71. The summed E-state index contributed by atoms with van der Waals surface area (Å²) in [6, 6.07) is 2.49. The summed E-state index contributed by atoms with van der Waals surface area (Å²) in [7, 11) is 0. The summed E-state index contributed by atoms with van der Waals surface area (Å²) in [6.07, 6.45) is 0.790. The molecule has 17 heavy (non-hydrogen) atoms. The zero-order chi connectivity index (χ0) is 13.1. The van der Waals surface area contributed by atoms with Crippen molar-refractivity contribution in [3.63, 3.8) is 0 Å². The van der Waals surface area contributed by atoms with E-state index in [1.54, 1.807) is 39.8 Å². The third kappa shape index (κ3) is 4.30. The molecule has 1 atom stereocenters. The van der Waals surface area contributed by atoms with Crippen LogP contribution in [0.25, 0.3) is 0 Å². The van der Waals surface area contributed by atoms with Crippen LogP contribution in [0.5, 0.6) is 0 Å². The van der Waals surface area contributed by atoms with Gasteiger partial charge in [-0.3, -0.25) is 4.79 Å². The fourth-order valence-corrected chi connectivity index (χ4v) is 1.18. The molecule has 1 N–H and O–H groups in total. The van der Waals surface area contributed by atoms with Gasteiger partial charge in [-0.15, -0.1) is 0 Å². The van der Waals surface area contributed by atoms with Crippen molar-refractivity contribution in [3.05, 3.63) is 24.2 Å². The largest absolute Gasteiger partial charge is 0.461 e. The number of ketones is 1. The first-order valence-electron chi connectivity index (χ1n) is 5.37. The molecule has 5 heteroatoms. The Morgan fingerprint density at radius 1 is 1.41 bits per heavy atom. The highest BCUT2D eigenvalue weighted by Gasteiger charge is 2.22. The maximum atomic E-state index is 11.7. The van der Waals surface area contributed by atoms with E-state index >= 15 is 0 Å². The minimum Gasteiger partial charge on any atom is -0.461 e. The molecule has 1 aromatic rings. The molecule has 1 heterocycles. The molecule has 0 bridgehead atoms. The Kier molecular flexibility index (Phi) is 3.93. The first-order chi connectivity index (χ1) is 7.79. The maximum absolute atomic E-state index is 11.7. The van der Waals surface area contributed by atoms with Crippen LogP contribution in [-0.4, -0.2) is 23.5 Å². The molecule has 1 unspecified atom stereocenters. The summed E-state index contributed by atoms with van der Waals surface area (Å²) in [5.41, 5.74) is -0.586. The molecule has 0 spiro atoms. The Bertz CT molecular complexity index is 389. The Balaban J connectivity index is 2.52. The van der Waals surface area contributed by atoms with E-state index in [4.69, 9.17) is 9.15 Å². The molecule has 5 nitrogen and oxygen atoms in total. The van der Waals surface area contributed by atoms with Gasteiger partial charge in [0.2, 0.25) is 5.78 Å². The van der Waals surface area contributed by atoms with Crippen molar-refractivity contribution in [1.29, 1.82) is 0 Å². The molecule has 0 aliphatic carbocycles. The number of carbonyl (C=O) groups is 2. The number of hydrogen-bond donors (Lipinski definition) is 1. The molecule has 0 aliphatic rings. The average Bonchev–Trinajstić information content (AvgIpc) is 2.65. The second-order valence-corrected chi connectivity index (χ2v) is 4.71. The molecule has 0 aromatic carbocycles. The molecule has 0 saturated carbocycles. The molecule has 0 radical (unpaired) electrons. The zero-order valence-corrected chi connectivity index (χ0v) is 10.4. The number of furan rings is 1. The molecule has 1 amide bonds. The Labute approximate surface area is 100 Å². The van der Waals surface area contributed by atoms with Gasteiger partial charge in [0, 0.05) is 0 Å². The van der Waals surface area contributed by atoms with E-state index in [1.165, 1.54) is 6.26 Å². The maximum Gasteiger partial charge on any atom is 0.408 e. The molecule has 0 fully saturated rings. The summed E-state index contributed by atoms with van der Waals surface area (Å²) >= 11 is 0. The van der Waals surface area contributed by atoms with Gasteiger partial charge in [0.1, 0.15) is 5.60 Å². The first kappa shape index (κ1) is 13.3. The highest BCUT2D eigenvalue weighted by Crippen LogP contribution is 2.08. The van der Waals surface area contributed by atoms with E-state index in [1.807, 2.05) is 0 Å². The van der Waals surface area contributed by atoms with E-state index < -0.39 is 17.7 Å². The number of rotatable bonds is 3. The summed E-state index contributed by atoms with van der Waals surface area (Å²) in [6.45, 7) is 6.84. The van der Waals surface area contributed by atoms with E-state index in [9.17, 15) is 9.59 Å². The van der Waals surface area contributed by atoms with Crippen LogP contribution < -0.4 is 5.32 Å². The summed E-state index contributed by atoms with van der Waals surface area (Å²) in [5.74, 6) is -0.0746. The number of ether oxygens (including phenoxy) is 1. The minimum atomic E-state index is -0.684. The van der Waals surface area contributed by atoms with Gasteiger partial charge in [0.05, 0.1) is 12.3 Å². The Morgan fingerprint density at radius 3 is 2.53 bits per heavy atom. The number of amides is 1. The topological polar surface area (TPSA) is 68.5 Å². The molecule has 0 saturated heterocycles. The predicted molar refractivity (Wildman–Crippen MR) is 61.9 cm³/mol. The quantitative estimate of drug-likeness (QED) is 0.822. The van der Waals surface area contributed by atoms with Crippen LogP contribution in [-0.2, 0) is 4.74 Å². The van der Waals surface area contributed by atoms with E-state index in [0.29, 0.717) is 0 Å². The SMILES string of the molecule is CC(NC(=O)OC(C)(C)C)C(=O)c1ccco1. The average molecular weight is 239 g/mol. The van der Waals surface area contributed by atoms with Gasteiger partial charge in [-0.1, -0.05) is 0 Å². The lowest BCUT2D eigenvalue weighted by Crippen LogP contribution is -2.41. The van der Waals surface area contributed by atoms with Gasteiger partial charge in [0.25, 0.3) is 0 Å². The van der Waals surface area contributed by atoms with Crippen molar-refractivity contribution in [2.24, 2.45) is 0 Å². The fraction of sp³-hybridized carbons (Fsp3) is 0.500. The second kappa shape index (κ2) is 5.03. The zero-order valence-electron chi connectivity index (χ0n) is 10.4. The van der Waals surface area contributed by atoms with Gasteiger partial charge in [-0.2, -0.15) is 0 Å². The van der Waals surface area contributed by atoms with Crippen LogP contribution in [0.15, 0.2) is 22.8 Å². The van der Waals surface area contributed by atoms with Crippen LogP contribution in [0, 0.1) is 0 Å². The predicted octanol–water partition coefficient (Wildman–Crippen LogP) is 2.38. The third-order valence-corrected chi connectivity index (χ3v) is 1.89. The van der Waals surface area contributed by atoms with Crippen molar-refractivity contribution in [1.82, 2.24) is 5.32 Å². The Morgan fingerprint density at radius 2 is 2.06 bits per heavy atom. The van der Waals surface area contributed by atoms with Gasteiger partial charge < -0.3 is 14.5 Å². The van der Waals surface area contributed by atoms with Crippen LogP contribution in [0.1, 0.15) is 38.2 Å². The molecule has 1 aromatic heterocycles. The Hall–Kier alpha value is -1.78. The summed E-state index contributed by atoms with van der Waals surface area (Å²) in [4.78, 5) is 23.2. The van der Waals surface area contributed by atoms with Crippen LogP contribution in [0.4, 0.5) is 4.79 Å². The van der Waals surface area contributed by atoms with Crippen molar-refractivity contribution in [3.8, 4) is 0 Å². The van der Waals surface area contributed by atoms with Crippen molar-refractivity contribution >= 4 is 11.9 Å². The minimum absolute atomic E-state index is 0.216. The molecular weight excluding hydrogens is 222 g/mol. The van der Waals surface area contributed by atoms with E-state index in [2.05, 4.69) is 5.32 Å². The van der Waals surface area contributed by atoms with Gasteiger partial charge in [-0.25, -0.2) is 4.79 Å². The van der Waals surface area contributed by atoms with Crippen LogP contribution >= 0.6 is 0 Å². The number of alkyl carbamates (subject to hydrolysis) is 1. The summed E-state index contributed by atoms with van der Waals surface area (Å²) < 4.78 is 10.0. The molecular formula is C12H17NO4. The highest BCUT2D eigenvalue weighted by atomic mass is 16.6. The fourth-order valence-electron chi connectivity index (χ4n) is 1.18. The highest BCUT2D eigenvalue weighted by molar-refractivity contribution is 5.98. The third-order valence-electron chi connectivity index (χ3n) is 1.89. The van der Waals surface area contributed by atoms with Crippen molar-refractivity contribution in [2.75, 3.05) is 0 Å².